The first-order valence-electron chi connectivity index (χ1n) is 8.57. The molecule has 0 aromatic carbocycles. The van der Waals surface area contributed by atoms with E-state index in [4.69, 9.17) is 9.47 Å². The van der Waals surface area contributed by atoms with Gasteiger partial charge in [0.15, 0.2) is 0 Å². The van der Waals surface area contributed by atoms with Gasteiger partial charge in [-0.05, 0) is 53.9 Å². The van der Waals surface area contributed by atoms with Crippen LogP contribution >= 0.6 is 0 Å². The third-order valence-corrected chi connectivity index (χ3v) is 3.86. The third kappa shape index (κ3) is 6.97. The molecule has 1 aliphatic heterocycles. The Labute approximate surface area is 135 Å². The first kappa shape index (κ1) is 19.2. The maximum absolute atomic E-state index is 12.2. The molecule has 0 spiro atoms. The highest BCUT2D eigenvalue weighted by Gasteiger charge is 2.25. The maximum Gasteiger partial charge on any atom is 0.410 e. The van der Waals surface area contributed by atoms with Gasteiger partial charge >= 0.3 is 6.09 Å². The summed E-state index contributed by atoms with van der Waals surface area (Å²) in [5, 5.41) is 3.56. The van der Waals surface area contributed by atoms with Crippen molar-refractivity contribution < 1.29 is 14.3 Å². The zero-order valence-electron chi connectivity index (χ0n) is 15.1. The molecule has 2 unspecified atom stereocenters. The van der Waals surface area contributed by atoms with Crippen LogP contribution in [0.25, 0.3) is 0 Å². The smallest absolute Gasteiger partial charge is 0.410 e. The van der Waals surface area contributed by atoms with E-state index >= 15 is 0 Å². The molecule has 0 aromatic heterocycles. The molecule has 1 aliphatic rings. The molecular formula is C17H34N2O3. The molecule has 1 rings (SSSR count). The minimum Gasteiger partial charge on any atom is -0.444 e. The highest BCUT2D eigenvalue weighted by molar-refractivity contribution is 5.68. The van der Waals surface area contributed by atoms with E-state index in [9.17, 15) is 4.79 Å². The number of hydrogen-bond acceptors (Lipinski definition) is 4. The van der Waals surface area contributed by atoms with Crippen molar-refractivity contribution in [2.24, 2.45) is 0 Å². The number of rotatable bonds is 6. The number of carbonyl (C=O) groups excluding carboxylic acids is 1. The van der Waals surface area contributed by atoms with Gasteiger partial charge in [-0.3, -0.25) is 0 Å². The minimum atomic E-state index is -0.452. The molecule has 22 heavy (non-hydrogen) atoms. The van der Waals surface area contributed by atoms with Crippen molar-refractivity contribution in [1.82, 2.24) is 10.2 Å². The molecule has 5 nitrogen and oxygen atoms in total. The number of carbonyl (C=O) groups is 1. The molecule has 2 atom stereocenters. The molecule has 0 aromatic rings. The molecule has 1 saturated heterocycles. The van der Waals surface area contributed by atoms with E-state index in [1.807, 2.05) is 34.6 Å². The first-order valence-corrected chi connectivity index (χ1v) is 8.57. The summed E-state index contributed by atoms with van der Waals surface area (Å²) in [6.45, 7) is 14.2. The predicted molar refractivity (Wildman–Crippen MR) is 89.1 cm³/mol. The van der Waals surface area contributed by atoms with Crippen LogP contribution in [0.1, 0.15) is 60.8 Å². The standard InChI is InChI=1S/C17H34N2O3/c1-7-15-12-14(8-11-21-15)18-9-10-19(13(2)3)16(20)22-17(4,5)6/h13-15,18H,7-12H2,1-6H3. The third-order valence-electron chi connectivity index (χ3n) is 3.86. The van der Waals surface area contributed by atoms with Gasteiger partial charge in [0.05, 0.1) is 6.10 Å². The molecule has 1 amide bonds. The molecule has 1 fully saturated rings. The summed E-state index contributed by atoms with van der Waals surface area (Å²) in [4.78, 5) is 14.0. The van der Waals surface area contributed by atoms with Gasteiger partial charge in [0, 0.05) is 31.8 Å². The summed E-state index contributed by atoms with van der Waals surface area (Å²) < 4.78 is 11.2. The Morgan fingerprint density at radius 3 is 2.64 bits per heavy atom. The van der Waals surface area contributed by atoms with Crippen LogP contribution < -0.4 is 5.32 Å². The molecule has 0 saturated carbocycles. The Morgan fingerprint density at radius 2 is 2.09 bits per heavy atom. The summed E-state index contributed by atoms with van der Waals surface area (Å²) in [6.07, 6.45) is 3.31. The number of hydrogen-bond donors (Lipinski definition) is 1. The van der Waals surface area contributed by atoms with E-state index in [0.29, 0.717) is 18.7 Å². The van der Waals surface area contributed by atoms with Crippen molar-refractivity contribution in [1.29, 1.82) is 0 Å². The van der Waals surface area contributed by atoms with Gasteiger partial charge in [-0.15, -0.1) is 0 Å². The Morgan fingerprint density at radius 1 is 1.41 bits per heavy atom. The summed E-state index contributed by atoms with van der Waals surface area (Å²) in [5.41, 5.74) is -0.452. The second-order valence-corrected chi connectivity index (χ2v) is 7.34. The Hall–Kier alpha value is -0.810. The van der Waals surface area contributed by atoms with E-state index in [1.165, 1.54) is 0 Å². The van der Waals surface area contributed by atoms with E-state index in [2.05, 4.69) is 12.2 Å². The predicted octanol–water partition coefficient (Wildman–Crippen LogP) is 3.18. The Kier molecular flexibility index (Phi) is 7.63. The fourth-order valence-corrected chi connectivity index (χ4v) is 2.62. The normalized spacial score (nSPS) is 22.7. The lowest BCUT2D eigenvalue weighted by atomic mass is 10.0. The van der Waals surface area contributed by atoms with E-state index in [0.717, 1.165) is 32.4 Å². The van der Waals surface area contributed by atoms with Crippen LogP contribution in [0, 0.1) is 0 Å². The number of nitrogens with zero attached hydrogens (tertiary/aromatic N) is 1. The van der Waals surface area contributed by atoms with Gasteiger partial charge in [-0.2, -0.15) is 0 Å². The van der Waals surface area contributed by atoms with E-state index in [1.54, 1.807) is 4.90 Å². The van der Waals surface area contributed by atoms with Crippen molar-refractivity contribution in [2.75, 3.05) is 19.7 Å². The quantitative estimate of drug-likeness (QED) is 0.818. The van der Waals surface area contributed by atoms with Crippen LogP contribution in [0.5, 0.6) is 0 Å². The highest BCUT2D eigenvalue weighted by atomic mass is 16.6. The molecule has 130 valence electrons. The van der Waals surface area contributed by atoms with Gasteiger partial charge in [-0.1, -0.05) is 6.92 Å². The summed E-state index contributed by atoms with van der Waals surface area (Å²) in [5.74, 6) is 0. The fraction of sp³-hybridized carbons (Fsp3) is 0.941. The summed E-state index contributed by atoms with van der Waals surface area (Å²) in [7, 11) is 0. The van der Waals surface area contributed by atoms with Gasteiger partial charge in [-0.25, -0.2) is 4.79 Å². The largest absolute Gasteiger partial charge is 0.444 e. The van der Waals surface area contributed by atoms with Crippen molar-refractivity contribution in [2.45, 2.75) is 84.6 Å². The molecule has 1 heterocycles. The van der Waals surface area contributed by atoms with Crippen molar-refractivity contribution in [3.63, 3.8) is 0 Å². The van der Waals surface area contributed by atoms with Gasteiger partial charge in [0.1, 0.15) is 5.60 Å². The van der Waals surface area contributed by atoms with Gasteiger partial charge in [0.2, 0.25) is 0 Å². The minimum absolute atomic E-state index is 0.134. The topological polar surface area (TPSA) is 50.8 Å². The molecule has 0 aliphatic carbocycles. The van der Waals surface area contributed by atoms with Gasteiger partial charge < -0.3 is 19.7 Å². The molecule has 1 N–H and O–H groups in total. The lowest BCUT2D eigenvalue weighted by molar-refractivity contribution is -0.00161. The lowest BCUT2D eigenvalue weighted by Gasteiger charge is -2.32. The average Bonchev–Trinajstić information content (AvgIpc) is 2.41. The lowest BCUT2D eigenvalue weighted by Crippen LogP contribution is -2.46. The number of ether oxygens (including phenoxy) is 2. The maximum atomic E-state index is 12.2. The molecule has 0 bridgehead atoms. The first-order chi connectivity index (χ1) is 10.2. The monoisotopic (exact) mass is 314 g/mol. The van der Waals surface area contributed by atoms with Crippen LogP contribution in [-0.2, 0) is 9.47 Å². The van der Waals surface area contributed by atoms with Gasteiger partial charge in [0.25, 0.3) is 0 Å². The van der Waals surface area contributed by atoms with E-state index in [-0.39, 0.29) is 12.1 Å². The number of amides is 1. The average molecular weight is 314 g/mol. The van der Waals surface area contributed by atoms with Crippen molar-refractivity contribution >= 4 is 6.09 Å². The van der Waals surface area contributed by atoms with Crippen LogP contribution in [0.2, 0.25) is 0 Å². The fourth-order valence-electron chi connectivity index (χ4n) is 2.62. The Bertz CT molecular complexity index is 339. The van der Waals surface area contributed by atoms with Crippen molar-refractivity contribution in [3.8, 4) is 0 Å². The van der Waals surface area contributed by atoms with Crippen LogP contribution in [-0.4, -0.2) is 54.5 Å². The second kappa shape index (κ2) is 8.73. The van der Waals surface area contributed by atoms with Crippen molar-refractivity contribution in [3.05, 3.63) is 0 Å². The van der Waals surface area contributed by atoms with E-state index < -0.39 is 5.60 Å². The number of nitrogens with one attached hydrogen (secondary N) is 1. The van der Waals surface area contributed by atoms with Crippen LogP contribution in [0.4, 0.5) is 4.79 Å². The molecule has 5 heteroatoms. The zero-order chi connectivity index (χ0) is 16.8. The summed E-state index contributed by atoms with van der Waals surface area (Å²) >= 11 is 0. The molecular weight excluding hydrogens is 280 g/mol. The van der Waals surface area contributed by atoms with Crippen LogP contribution in [0.3, 0.4) is 0 Å². The SMILES string of the molecule is CCC1CC(NCCN(C(=O)OC(C)(C)C)C(C)C)CCO1. The molecule has 0 radical (unpaired) electrons. The second-order valence-electron chi connectivity index (χ2n) is 7.34. The summed E-state index contributed by atoms with van der Waals surface area (Å²) in [6, 6.07) is 0.626. The van der Waals surface area contributed by atoms with Crippen LogP contribution in [0.15, 0.2) is 0 Å². The Balaban J connectivity index is 2.40. The highest BCUT2D eigenvalue weighted by Crippen LogP contribution is 2.16. The zero-order valence-corrected chi connectivity index (χ0v) is 15.1.